The Hall–Kier alpha value is -1.67. The standard InChI is InChI=1S/C10H16N6OS/c1-7-8(6-13-15-9(11)12)18-10(14-7)16-2-4-17-5-3-16/h6H,2-5H2,1H3,(H4,11,12,15). The highest BCUT2D eigenvalue weighted by Crippen LogP contribution is 2.25. The van der Waals surface area contributed by atoms with Crippen LogP contribution in [-0.2, 0) is 4.74 Å². The predicted molar refractivity (Wildman–Crippen MR) is 73.3 cm³/mol. The van der Waals surface area contributed by atoms with Crippen molar-refractivity contribution in [1.82, 2.24) is 4.98 Å². The lowest BCUT2D eigenvalue weighted by molar-refractivity contribution is 0.122. The Morgan fingerprint density at radius 2 is 2.17 bits per heavy atom. The van der Waals surface area contributed by atoms with Crippen LogP contribution in [0.15, 0.2) is 10.2 Å². The number of nitrogens with zero attached hydrogens (tertiary/aromatic N) is 4. The van der Waals surface area contributed by atoms with Crippen molar-refractivity contribution in [2.24, 2.45) is 21.7 Å². The number of rotatable bonds is 3. The first-order valence-electron chi connectivity index (χ1n) is 5.59. The van der Waals surface area contributed by atoms with Crippen molar-refractivity contribution in [3.63, 3.8) is 0 Å². The van der Waals surface area contributed by atoms with E-state index < -0.39 is 0 Å². The van der Waals surface area contributed by atoms with E-state index in [0.29, 0.717) is 0 Å². The van der Waals surface area contributed by atoms with Gasteiger partial charge in [-0.3, -0.25) is 0 Å². The van der Waals surface area contributed by atoms with Gasteiger partial charge in [0.25, 0.3) is 0 Å². The van der Waals surface area contributed by atoms with Crippen LogP contribution in [0, 0.1) is 6.92 Å². The third-order valence-electron chi connectivity index (χ3n) is 2.45. The SMILES string of the molecule is Cc1nc(N2CCOCC2)sc1C=NN=C(N)N. The molecule has 2 heterocycles. The van der Waals surface area contributed by atoms with Gasteiger partial charge in [-0.05, 0) is 6.92 Å². The maximum atomic E-state index is 5.31. The van der Waals surface area contributed by atoms with E-state index in [4.69, 9.17) is 16.2 Å². The fourth-order valence-corrected chi connectivity index (χ4v) is 2.54. The van der Waals surface area contributed by atoms with Gasteiger partial charge in [0.15, 0.2) is 5.13 Å². The number of guanidine groups is 1. The van der Waals surface area contributed by atoms with Gasteiger partial charge in [0, 0.05) is 13.1 Å². The molecule has 2 rings (SSSR count). The number of ether oxygens (including phenoxy) is 1. The molecule has 1 saturated heterocycles. The quantitative estimate of drug-likeness (QED) is 0.452. The summed E-state index contributed by atoms with van der Waals surface area (Å²) < 4.78 is 5.31. The first-order chi connectivity index (χ1) is 8.66. The number of nitrogens with two attached hydrogens (primary N) is 2. The maximum absolute atomic E-state index is 5.31. The summed E-state index contributed by atoms with van der Waals surface area (Å²) in [4.78, 5) is 7.69. The van der Waals surface area contributed by atoms with E-state index in [2.05, 4.69) is 20.1 Å². The van der Waals surface area contributed by atoms with E-state index in [1.165, 1.54) is 0 Å². The lowest BCUT2D eigenvalue weighted by atomic mass is 10.4. The number of thiazole rings is 1. The molecule has 1 aromatic rings. The number of hydrogen-bond donors (Lipinski definition) is 2. The van der Waals surface area contributed by atoms with E-state index in [1.54, 1.807) is 17.6 Å². The Labute approximate surface area is 109 Å². The van der Waals surface area contributed by atoms with Crippen molar-refractivity contribution in [3.05, 3.63) is 10.6 Å². The smallest absolute Gasteiger partial charge is 0.211 e. The highest BCUT2D eigenvalue weighted by atomic mass is 32.1. The fourth-order valence-electron chi connectivity index (χ4n) is 1.55. The van der Waals surface area contributed by atoms with Gasteiger partial charge < -0.3 is 21.1 Å². The predicted octanol–water partition coefficient (Wildman–Crippen LogP) is -0.105. The van der Waals surface area contributed by atoms with Crippen LogP contribution >= 0.6 is 11.3 Å². The molecule has 1 aromatic heterocycles. The number of morpholine rings is 1. The van der Waals surface area contributed by atoms with Gasteiger partial charge in [0.05, 0.1) is 30.0 Å². The topological polar surface area (TPSA) is 102 Å². The second-order valence-electron chi connectivity index (χ2n) is 3.81. The minimum absolute atomic E-state index is 0.0539. The van der Waals surface area contributed by atoms with E-state index >= 15 is 0 Å². The third-order valence-corrected chi connectivity index (χ3v) is 3.60. The molecule has 0 bridgehead atoms. The van der Waals surface area contributed by atoms with E-state index in [0.717, 1.165) is 42.0 Å². The molecule has 0 spiro atoms. The van der Waals surface area contributed by atoms with Crippen LogP contribution in [0.2, 0.25) is 0 Å². The summed E-state index contributed by atoms with van der Waals surface area (Å²) in [6.45, 7) is 5.18. The van der Waals surface area contributed by atoms with Crippen molar-refractivity contribution < 1.29 is 4.74 Å². The molecule has 18 heavy (non-hydrogen) atoms. The highest BCUT2D eigenvalue weighted by Gasteiger charge is 2.16. The molecule has 0 atom stereocenters. The molecule has 1 aliphatic heterocycles. The summed E-state index contributed by atoms with van der Waals surface area (Å²) in [5, 5.41) is 8.36. The minimum atomic E-state index is -0.0539. The first-order valence-corrected chi connectivity index (χ1v) is 6.40. The van der Waals surface area contributed by atoms with Gasteiger partial charge in [-0.1, -0.05) is 11.3 Å². The summed E-state index contributed by atoms with van der Waals surface area (Å²) >= 11 is 1.58. The molecule has 8 heteroatoms. The average molecular weight is 268 g/mol. The zero-order valence-electron chi connectivity index (χ0n) is 10.2. The Kier molecular flexibility index (Phi) is 4.11. The van der Waals surface area contributed by atoms with Gasteiger partial charge in [-0.2, -0.15) is 5.10 Å². The van der Waals surface area contributed by atoms with Crippen molar-refractivity contribution in [1.29, 1.82) is 0 Å². The van der Waals surface area contributed by atoms with E-state index in [-0.39, 0.29) is 5.96 Å². The Morgan fingerprint density at radius 1 is 1.44 bits per heavy atom. The van der Waals surface area contributed by atoms with Gasteiger partial charge in [0.2, 0.25) is 5.96 Å². The summed E-state index contributed by atoms with van der Waals surface area (Å²) in [6.07, 6.45) is 1.62. The molecule has 4 N–H and O–H groups in total. The molecule has 0 amide bonds. The lowest BCUT2D eigenvalue weighted by Gasteiger charge is -2.25. The van der Waals surface area contributed by atoms with Crippen LogP contribution in [-0.4, -0.2) is 43.5 Å². The summed E-state index contributed by atoms with van der Waals surface area (Å²) in [7, 11) is 0. The van der Waals surface area contributed by atoms with E-state index in [9.17, 15) is 0 Å². The molecular formula is C10H16N6OS. The Morgan fingerprint density at radius 3 is 2.83 bits per heavy atom. The lowest BCUT2D eigenvalue weighted by Crippen LogP contribution is -2.36. The first kappa shape index (κ1) is 12.8. The maximum Gasteiger partial charge on any atom is 0.211 e. The Balaban J connectivity index is 2.11. The van der Waals surface area contributed by atoms with Gasteiger partial charge in [-0.25, -0.2) is 4.98 Å². The normalized spacial score (nSPS) is 16.2. The highest BCUT2D eigenvalue weighted by molar-refractivity contribution is 7.17. The number of aromatic nitrogens is 1. The number of anilines is 1. The average Bonchev–Trinajstić information content (AvgIpc) is 2.72. The summed E-state index contributed by atoms with van der Waals surface area (Å²) in [5.41, 5.74) is 11.3. The second kappa shape index (κ2) is 5.78. The largest absolute Gasteiger partial charge is 0.378 e. The second-order valence-corrected chi connectivity index (χ2v) is 4.82. The van der Waals surface area contributed by atoms with Crippen LogP contribution in [0.25, 0.3) is 0 Å². The monoisotopic (exact) mass is 268 g/mol. The van der Waals surface area contributed by atoms with E-state index in [1.807, 2.05) is 6.92 Å². The molecule has 1 aliphatic rings. The molecular weight excluding hydrogens is 252 g/mol. The molecule has 0 aromatic carbocycles. The molecule has 0 saturated carbocycles. The van der Waals surface area contributed by atoms with Gasteiger partial charge >= 0.3 is 0 Å². The van der Waals surface area contributed by atoms with Crippen LogP contribution in [0.1, 0.15) is 10.6 Å². The molecule has 0 unspecified atom stereocenters. The van der Waals surface area contributed by atoms with Crippen LogP contribution in [0.3, 0.4) is 0 Å². The zero-order valence-corrected chi connectivity index (χ0v) is 11.0. The van der Waals surface area contributed by atoms with Gasteiger partial charge in [-0.15, -0.1) is 5.10 Å². The molecule has 0 aliphatic carbocycles. The molecule has 1 fully saturated rings. The zero-order chi connectivity index (χ0) is 13.0. The minimum Gasteiger partial charge on any atom is -0.378 e. The molecule has 7 nitrogen and oxygen atoms in total. The molecule has 98 valence electrons. The van der Waals surface area contributed by atoms with Crippen LogP contribution in [0.4, 0.5) is 5.13 Å². The van der Waals surface area contributed by atoms with Crippen molar-refractivity contribution in [2.75, 3.05) is 31.2 Å². The summed E-state index contributed by atoms with van der Waals surface area (Å²) in [6, 6.07) is 0. The van der Waals surface area contributed by atoms with Gasteiger partial charge in [0.1, 0.15) is 0 Å². The van der Waals surface area contributed by atoms with Crippen molar-refractivity contribution in [2.45, 2.75) is 6.92 Å². The van der Waals surface area contributed by atoms with Crippen LogP contribution < -0.4 is 16.4 Å². The molecule has 0 radical (unpaired) electrons. The van der Waals surface area contributed by atoms with Crippen molar-refractivity contribution >= 4 is 28.6 Å². The Bertz CT molecular complexity index is 459. The number of hydrogen-bond acceptors (Lipinski definition) is 6. The third kappa shape index (κ3) is 3.17. The van der Waals surface area contributed by atoms with Crippen LogP contribution in [0.5, 0.6) is 0 Å². The summed E-state index contributed by atoms with van der Waals surface area (Å²) in [5.74, 6) is -0.0539. The van der Waals surface area contributed by atoms with Crippen molar-refractivity contribution in [3.8, 4) is 0 Å². The number of aryl methyl sites for hydroxylation is 1. The fraction of sp³-hybridized carbons (Fsp3) is 0.500.